The highest BCUT2D eigenvalue weighted by Gasteiger charge is 2.41. The first-order valence-electron chi connectivity index (χ1n) is 7.09. The zero-order valence-corrected chi connectivity index (χ0v) is 12.8. The maximum Gasteiger partial charge on any atom is 0.251 e. The van der Waals surface area contributed by atoms with Crippen LogP contribution in [0.3, 0.4) is 0 Å². The molecule has 2 fully saturated rings. The lowest BCUT2D eigenvalue weighted by Gasteiger charge is -2.48. The number of benzene rings is 1. The van der Waals surface area contributed by atoms with Gasteiger partial charge in [0.2, 0.25) is 0 Å². The first-order valence-corrected chi connectivity index (χ1v) is 7.88. The van der Waals surface area contributed by atoms with Crippen molar-refractivity contribution in [2.45, 2.75) is 43.7 Å². The van der Waals surface area contributed by atoms with Crippen LogP contribution in [0.15, 0.2) is 22.7 Å². The van der Waals surface area contributed by atoms with Crippen LogP contribution in [0.1, 0.15) is 42.5 Å². The van der Waals surface area contributed by atoms with Crippen LogP contribution >= 0.6 is 15.9 Å². The second-order valence-electron chi connectivity index (χ2n) is 5.85. The van der Waals surface area contributed by atoms with Gasteiger partial charge in [-0.3, -0.25) is 4.79 Å². The molecule has 0 aromatic heterocycles. The van der Waals surface area contributed by atoms with Gasteiger partial charge in [0.1, 0.15) is 5.82 Å². The quantitative estimate of drug-likeness (QED) is 0.868. The van der Waals surface area contributed by atoms with Crippen LogP contribution in [0.4, 0.5) is 4.39 Å². The smallest absolute Gasteiger partial charge is 0.251 e. The lowest BCUT2D eigenvalue weighted by molar-refractivity contribution is 0.0852. The molecule has 2 aliphatic rings. The van der Waals surface area contributed by atoms with Gasteiger partial charge in [-0.1, -0.05) is 0 Å². The summed E-state index contributed by atoms with van der Waals surface area (Å²) in [5.41, 5.74) is 0.633. The monoisotopic (exact) mass is 340 g/mol. The lowest BCUT2D eigenvalue weighted by Crippen LogP contribution is -2.59. The van der Waals surface area contributed by atoms with Gasteiger partial charge in [0.05, 0.1) is 4.47 Å². The van der Waals surface area contributed by atoms with Gasteiger partial charge in [-0.15, -0.1) is 0 Å². The first kappa shape index (κ1) is 14.0. The van der Waals surface area contributed by atoms with E-state index >= 15 is 0 Å². The highest BCUT2D eigenvalue weighted by Crippen LogP contribution is 2.38. The van der Waals surface area contributed by atoms with Gasteiger partial charge in [0, 0.05) is 17.1 Å². The summed E-state index contributed by atoms with van der Waals surface area (Å²) in [6.07, 6.45) is 5.59. The molecule has 1 spiro atoms. The molecule has 1 atom stereocenters. The van der Waals surface area contributed by atoms with E-state index in [0.29, 0.717) is 10.0 Å². The van der Waals surface area contributed by atoms with E-state index in [1.165, 1.54) is 25.3 Å². The van der Waals surface area contributed by atoms with E-state index in [1.807, 2.05) is 0 Å². The number of nitrogens with one attached hydrogen (secondary N) is 2. The Labute approximate surface area is 126 Å². The van der Waals surface area contributed by atoms with E-state index < -0.39 is 5.82 Å². The molecule has 1 aromatic carbocycles. The van der Waals surface area contributed by atoms with Crippen molar-refractivity contribution in [2.75, 3.05) is 6.54 Å². The molecule has 1 saturated carbocycles. The average Bonchev–Trinajstić information content (AvgIpc) is 2.40. The molecular weight excluding hydrogens is 323 g/mol. The molecule has 3 nitrogen and oxygen atoms in total. The van der Waals surface area contributed by atoms with Gasteiger partial charge in [0.25, 0.3) is 5.91 Å². The van der Waals surface area contributed by atoms with Crippen LogP contribution in [0, 0.1) is 5.82 Å². The van der Waals surface area contributed by atoms with Crippen molar-refractivity contribution in [1.82, 2.24) is 10.6 Å². The number of piperidine rings is 1. The molecular formula is C15H18BrFN2O. The number of hydrogen-bond acceptors (Lipinski definition) is 2. The van der Waals surface area contributed by atoms with E-state index in [9.17, 15) is 9.18 Å². The van der Waals surface area contributed by atoms with E-state index in [2.05, 4.69) is 26.6 Å². The summed E-state index contributed by atoms with van der Waals surface area (Å²) >= 11 is 3.09. The molecule has 1 aliphatic heterocycles. The number of amides is 1. The predicted octanol–water partition coefficient (Wildman–Crippen LogP) is 2.99. The van der Waals surface area contributed by atoms with Gasteiger partial charge in [-0.25, -0.2) is 4.39 Å². The minimum atomic E-state index is -0.404. The number of hydrogen-bond donors (Lipinski definition) is 2. The second kappa shape index (κ2) is 5.45. The van der Waals surface area contributed by atoms with Crippen molar-refractivity contribution >= 4 is 21.8 Å². The Kier molecular flexibility index (Phi) is 3.82. The van der Waals surface area contributed by atoms with E-state index in [-0.39, 0.29) is 17.5 Å². The van der Waals surface area contributed by atoms with E-state index in [1.54, 1.807) is 12.1 Å². The summed E-state index contributed by atoms with van der Waals surface area (Å²) < 4.78 is 13.8. The molecule has 1 unspecified atom stereocenters. The largest absolute Gasteiger partial charge is 0.349 e. The molecule has 5 heteroatoms. The zero-order chi connectivity index (χ0) is 14.2. The third-order valence-electron chi connectivity index (χ3n) is 4.46. The number of rotatable bonds is 2. The Morgan fingerprint density at radius 1 is 1.45 bits per heavy atom. The van der Waals surface area contributed by atoms with Crippen molar-refractivity contribution in [2.24, 2.45) is 0 Å². The molecule has 1 heterocycles. The Hall–Kier alpha value is -0.940. The Morgan fingerprint density at radius 2 is 2.25 bits per heavy atom. The maximum atomic E-state index is 13.5. The predicted molar refractivity (Wildman–Crippen MR) is 79.2 cm³/mol. The van der Waals surface area contributed by atoms with Crippen LogP contribution in [0.5, 0.6) is 0 Å². The fourth-order valence-corrected chi connectivity index (χ4v) is 3.42. The summed E-state index contributed by atoms with van der Waals surface area (Å²) in [6.45, 7) is 0.944. The molecule has 3 rings (SSSR count). The molecule has 108 valence electrons. The Bertz CT molecular complexity index is 531. The van der Waals surface area contributed by atoms with Crippen LogP contribution in [-0.4, -0.2) is 24.0 Å². The lowest BCUT2D eigenvalue weighted by atomic mass is 9.70. The first-order chi connectivity index (χ1) is 9.58. The van der Waals surface area contributed by atoms with Crippen LogP contribution < -0.4 is 10.6 Å². The molecule has 2 N–H and O–H groups in total. The summed E-state index contributed by atoms with van der Waals surface area (Å²) in [5.74, 6) is -0.587. The second-order valence-corrected chi connectivity index (χ2v) is 6.71. The van der Waals surface area contributed by atoms with E-state index in [0.717, 1.165) is 19.4 Å². The summed E-state index contributed by atoms with van der Waals surface area (Å²) in [7, 11) is 0. The van der Waals surface area contributed by atoms with Crippen molar-refractivity contribution in [3.05, 3.63) is 34.1 Å². The Balaban J connectivity index is 1.64. The van der Waals surface area contributed by atoms with Crippen molar-refractivity contribution in [1.29, 1.82) is 0 Å². The molecule has 1 aromatic rings. The standard InChI is InChI=1S/C15H18BrFN2O/c16-12-3-2-10(8-13(12)17)14(20)19-11-4-7-18-15(9-11)5-1-6-15/h2-3,8,11,18H,1,4-7,9H2,(H,19,20). The van der Waals surface area contributed by atoms with Gasteiger partial charge in [-0.05, 0) is 72.8 Å². The maximum absolute atomic E-state index is 13.5. The topological polar surface area (TPSA) is 41.1 Å². The summed E-state index contributed by atoms with van der Waals surface area (Å²) in [6, 6.07) is 4.68. The molecule has 1 aliphatic carbocycles. The zero-order valence-electron chi connectivity index (χ0n) is 11.2. The van der Waals surface area contributed by atoms with Crippen molar-refractivity contribution in [3.63, 3.8) is 0 Å². The molecule has 0 bridgehead atoms. The summed E-state index contributed by atoms with van der Waals surface area (Å²) in [5, 5.41) is 6.62. The fourth-order valence-electron chi connectivity index (χ4n) is 3.17. The normalized spacial score (nSPS) is 24.2. The van der Waals surface area contributed by atoms with E-state index in [4.69, 9.17) is 0 Å². The van der Waals surface area contributed by atoms with Crippen LogP contribution in [0.25, 0.3) is 0 Å². The van der Waals surface area contributed by atoms with Crippen LogP contribution in [-0.2, 0) is 0 Å². The summed E-state index contributed by atoms with van der Waals surface area (Å²) in [4.78, 5) is 12.2. The number of carbonyl (C=O) groups is 1. The minimum Gasteiger partial charge on any atom is -0.349 e. The van der Waals surface area contributed by atoms with Gasteiger partial charge < -0.3 is 10.6 Å². The number of carbonyl (C=O) groups excluding carboxylic acids is 1. The SMILES string of the molecule is O=C(NC1CCNC2(CCC2)C1)c1ccc(Br)c(F)c1. The number of halogens is 2. The van der Waals surface area contributed by atoms with Gasteiger partial charge >= 0.3 is 0 Å². The highest BCUT2D eigenvalue weighted by atomic mass is 79.9. The fraction of sp³-hybridized carbons (Fsp3) is 0.533. The molecule has 1 saturated heterocycles. The third kappa shape index (κ3) is 2.74. The molecule has 0 radical (unpaired) electrons. The molecule has 20 heavy (non-hydrogen) atoms. The van der Waals surface area contributed by atoms with Gasteiger partial charge in [-0.2, -0.15) is 0 Å². The molecule has 1 amide bonds. The van der Waals surface area contributed by atoms with Crippen molar-refractivity contribution < 1.29 is 9.18 Å². The Morgan fingerprint density at radius 3 is 2.90 bits per heavy atom. The van der Waals surface area contributed by atoms with Crippen molar-refractivity contribution in [3.8, 4) is 0 Å². The average molecular weight is 341 g/mol. The highest BCUT2D eigenvalue weighted by molar-refractivity contribution is 9.10. The minimum absolute atomic E-state index is 0.183. The van der Waals surface area contributed by atoms with Crippen LogP contribution in [0.2, 0.25) is 0 Å². The third-order valence-corrected chi connectivity index (χ3v) is 5.10. The van der Waals surface area contributed by atoms with Gasteiger partial charge in [0.15, 0.2) is 0 Å².